The number of nitrogens with zero attached hydrogens (tertiary/aromatic N) is 1. The topological polar surface area (TPSA) is 24.4 Å². The average Bonchev–Trinajstić information content (AvgIpc) is 2.53. The lowest BCUT2D eigenvalue weighted by Gasteiger charge is -2.05. The van der Waals surface area contributed by atoms with Crippen LogP contribution >= 0.6 is 0 Å². The van der Waals surface area contributed by atoms with Crippen LogP contribution in [0.2, 0.25) is 0 Å². The molecule has 0 saturated carbocycles. The fourth-order valence-electron chi connectivity index (χ4n) is 2.14. The summed E-state index contributed by atoms with van der Waals surface area (Å²) in [5.41, 5.74) is 6.18. The molecule has 3 rings (SSSR count). The van der Waals surface area contributed by atoms with E-state index in [0.29, 0.717) is 0 Å². The van der Waals surface area contributed by atoms with Gasteiger partial charge in [-0.25, -0.2) is 0 Å². The van der Waals surface area contributed by atoms with Crippen molar-refractivity contribution in [1.29, 1.82) is 0 Å². The van der Waals surface area contributed by atoms with E-state index in [-0.39, 0.29) is 0 Å². The van der Waals surface area contributed by atoms with Gasteiger partial charge in [0.1, 0.15) is 0 Å². The van der Waals surface area contributed by atoms with Crippen LogP contribution in [0.1, 0.15) is 12.5 Å². The standard InChI is InChI=1S/C18H16N2/c1-14(19-20-18-9-3-2-4-10-18)16-12-11-15-7-5-6-8-17(15)13-16/h2-13,20H,1H3/b19-14-. The fraction of sp³-hybridized carbons (Fsp3) is 0.0556. The van der Waals surface area contributed by atoms with Crippen molar-refractivity contribution in [3.63, 3.8) is 0 Å². The number of benzene rings is 3. The first kappa shape index (κ1) is 12.4. The number of nitrogens with one attached hydrogen (secondary N) is 1. The molecule has 0 amide bonds. The Morgan fingerprint density at radius 2 is 1.50 bits per heavy atom. The molecule has 2 nitrogen and oxygen atoms in total. The summed E-state index contributed by atoms with van der Waals surface area (Å²) >= 11 is 0. The Hall–Kier alpha value is -2.61. The van der Waals surface area contributed by atoms with Gasteiger partial charge in [-0.15, -0.1) is 0 Å². The highest BCUT2D eigenvalue weighted by molar-refractivity contribution is 6.02. The molecule has 3 aromatic rings. The molecule has 1 N–H and O–H groups in total. The van der Waals surface area contributed by atoms with Gasteiger partial charge in [0.15, 0.2) is 0 Å². The predicted octanol–water partition coefficient (Wildman–Crippen LogP) is 4.68. The second kappa shape index (κ2) is 5.57. The normalized spacial score (nSPS) is 11.6. The summed E-state index contributed by atoms with van der Waals surface area (Å²) in [6, 6.07) is 24.7. The van der Waals surface area contributed by atoms with Gasteiger partial charge in [0.25, 0.3) is 0 Å². The summed E-state index contributed by atoms with van der Waals surface area (Å²) in [7, 11) is 0. The smallest absolute Gasteiger partial charge is 0.0648 e. The average molecular weight is 260 g/mol. The molecule has 0 aromatic heterocycles. The Balaban J connectivity index is 1.86. The first-order valence-electron chi connectivity index (χ1n) is 6.67. The maximum atomic E-state index is 4.44. The molecule has 0 saturated heterocycles. The zero-order chi connectivity index (χ0) is 13.8. The summed E-state index contributed by atoms with van der Waals surface area (Å²) in [6.07, 6.45) is 0. The number of hydrogen-bond donors (Lipinski definition) is 1. The van der Waals surface area contributed by atoms with E-state index >= 15 is 0 Å². The minimum absolute atomic E-state index is 0.972. The third kappa shape index (κ3) is 2.69. The molecule has 0 bridgehead atoms. The number of hydrazone groups is 1. The third-order valence-electron chi connectivity index (χ3n) is 3.29. The van der Waals surface area contributed by atoms with E-state index in [9.17, 15) is 0 Å². The molecule has 0 radical (unpaired) electrons. The number of rotatable bonds is 3. The van der Waals surface area contributed by atoms with Gasteiger partial charge in [0.2, 0.25) is 0 Å². The van der Waals surface area contributed by atoms with E-state index in [2.05, 4.69) is 53.0 Å². The monoisotopic (exact) mass is 260 g/mol. The summed E-state index contributed by atoms with van der Waals surface area (Å²) in [4.78, 5) is 0. The van der Waals surface area contributed by atoms with Crippen LogP contribution in [0.15, 0.2) is 77.9 Å². The van der Waals surface area contributed by atoms with Gasteiger partial charge >= 0.3 is 0 Å². The van der Waals surface area contributed by atoms with Crippen molar-refractivity contribution < 1.29 is 0 Å². The van der Waals surface area contributed by atoms with E-state index < -0.39 is 0 Å². The van der Waals surface area contributed by atoms with Crippen LogP contribution in [0.3, 0.4) is 0 Å². The molecule has 0 heterocycles. The molecule has 0 aliphatic heterocycles. The first-order valence-corrected chi connectivity index (χ1v) is 6.67. The van der Waals surface area contributed by atoms with Crippen molar-refractivity contribution >= 4 is 22.2 Å². The zero-order valence-corrected chi connectivity index (χ0v) is 11.4. The van der Waals surface area contributed by atoms with Crippen molar-refractivity contribution in [2.75, 3.05) is 5.43 Å². The van der Waals surface area contributed by atoms with Gasteiger partial charge in [-0.1, -0.05) is 54.6 Å². The summed E-state index contributed by atoms with van der Waals surface area (Å²) in [6.45, 7) is 2.01. The van der Waals surface area contributed by atoms with Gasteiger partial charge in [-0.2, -0.15) is 5.10 Å². The highest BCUT2D eigenvalue weighted by Gasteiger charge is 1.99. The highest BCUT2D eigenvalue weighted by Crippen LogP contribution is 2.16. The fourth-order valence-corrected chi connectivity index (χ4v) is 2.14. The number of fused-ring (bicyclic) bond motifs is 1. The molecule has 0 fully saturated rings. The van der Waals surface area contributed by atoms with Crippen molar-refractivity contribution in [2.45, 2.75) is 6.92 Å². The van der Waals surface area contributed by atoms with E-state index in [1.54, 1.807) is 0 Å². The second-order valence-electron chi connectivity index (χ2n) is 4.74. The van der Waals surface area contributed by atoms with Gasteiger partial charge in [-0.05, 0) is 41.5 Å². The lowest BCUT2D eigenvalue weighted by Crippen LogP contribution is -1.99. The molecule has 0 aliphatic carbocycles. The Morgan fingerprint density at radius 3 is 2.30 bits per heavy atom. The van der Waals surface area contributed by atoms with Crippen molar-refractivity contribution in [3.05, 3.63) is 78.4 Å². The molecular formula is C18H16N2. The van der Waals surface area contributed by atoms with Gasteiger partial charge in [0.05, 0.1) is 11.4 Å². The molecule has 0 spiro atoms. The quantitative estimate of drug-likeness (QED) is 0.537. The van der Waals surface area contributed by atoms with Crippen LogP contribution in [-0.4, -0.2) is 5.71 Å². The van der Waals surface area contributed by atoms with Gasteiger partial charge in [0, 0.05) is 0 Å². The summed E-state index contributed by atoms with van der Waals surface area (Å²) < 4.78 is 0. The third-order valence-corrected chi connectivity index (χ3v) is 3.29. The van der Waals surface area contributed by atoms with Gasteiger partial charge in [-0.3, -0.25) is 5.43 Å². The second-order valence-corrected chi connectivity index (χ2v) is 4.74. The lowest BCUT2D eigenvalue weighted by atomic mass is 10.0. The van der Waals surface area contributed by atoms with Crippen molar-refractivity contribution in [2.24, 2.45) is 5.10 Å². The van der Waals surface area contributed by atoms with Crippen LogP contribution in [0, 0.1) is 0 Å². The van der Waals surface area contributed by atoms with Gasteiger partial charge < -0.3 is 0 Å². The van der Waals surface area contributed by atoms with Crippen molar-refractivity contribution in [1.82, 2.24) is 0 Å². The Morgan fingerprint density at radius 1 is 0.800 bits per heavy atom. The Kier molecular flexibility index (Phi) is 3.46. The van der Waals surface area contributed by atoms with Crippen LogP contribution in [0.25, 0.3) is 10.8 Å². The molecule has 0 unspecified atom stereocenters. The van der Waals surface area contributed by atoms with E-state index in [1.807, 2.05) is 37.3 Å². The molecule has 0 atom stereocenters. The zero-order valence-electron chi connectivity index (χ0n) is 11.4. The Bertz CT molecular complexity index is 745. The molecule has 3 aromatic carbocycles. The first-order chi connectivity index (χ1) is 9.83. The van der Waals surface area contributed by atoms with E-state index in [0.717, 1.165) is 17.0 Å². The van der Waals surface area contributed by atoms with E-state index in [1.165, 1.54) is 10.8 Å². The predicted molar refractivity (Wildman–Crippen MR) is 86.2 cm³/mol. The SMILES string of the molecule is C/C(=N/Nc1ccccc1)c1ccc2ccccc2c1. The Labute approximate surface area is 118 Å². The number of hydrogen-bond acceptors (Lipinski definition) is 2. The molecule has 2 heteroatoms. The van der Waals surface area contributed by atoms with Crippen LogP contribution in [-0.2, 0) is 0 Å². The maximum Gasteiger partial charge on any atom is 0.0648 e. The lowest BCUT2D eigenvalue weighted by molar-refractivity contribution is 1.32. The minimum atomic E-state index is 0.972. The summed E-state index contributed by atoms with van der Waals surface area (Å²) in [5, 5.41) is 6.92. The van der Waals surface area contributed by atoms with Crippen molar-refractivity contribution in [3.8, 4) is 0 Å². The van der Waals surface area contributed by atoms with Crippen LogP contribution < -0.4 is 5.43 Å². The highest BCUT2D eigenvalue weighted by atomic mass is 15.3. The minimum Gasteiger partial charge on any atom is -0.278 e. The molecule has 0 aliphatic rings. The van der Waals surface area contributed by atoms with Crippen LogP contribution in [0.4, 0.5) is 5.69 Å². The largest absolute Gasteiger partial charge is 0.278 e. The van der Waals surface area contributed by atoms with E-state index in [4.69, 9.17) is 0 Å². The molecule has 98 valence electrons. The molecule has 20 heavy (non-hydrogen) atoms. The maximum absolute atomic E-state index is 4.44. The number of para-hydroxylation sites is 1. The number of anilines is 1. The molecular weight excluding hydrogens is 244 g/mol. The van der Waals surface area contributed by atoms with Crippen LogP contribution in [0.5, 0.6) is 0 Å². The summed E-state index contributed by atoms with van der Waals surface area (Å²) in [5.74, 6) is 0.